The maximum atomic E-state index is 3.76. The Labute approximate surface area is 124 Å². The van der Waals surface area contributed by atoms with E-state index in [1.165, 1.54) is 56.9 Å². The van der Waals surface area contributed by atoms with Crippen LogP contribution >= 0.6 is 0 Å². The van der Waals surface area contributed by atoms with Crippen LogP contribution in [-0.2, 0) is 6.54 Å². The van der Waals surface area contributed by atoms with Crippen molar-refractivity contribution in [1.82, 2.24) is 5.32 Å². The van der Waals surface area contributed by atoms with Crippen LogP contribution in [0.2, 0.25) is 0 Å². The molecule has 2 aliphatic carbocycles. The first-order valence-electron chi connectivity index (χ1n) is 8.65. The quantitative estimate of drug-likeness (QED) is 0.742. The topological polar surface area (TPSA) is 12.0 Å². The van der Waals surface area contributed by atoms with Crippen LogP contribution in [-0.4, -0.2) is 6.04 Å². The van der Waals surface area contributed by atoms with Crippen molar-refractivity contribution in [1.29, 1.82) is 0 Å². The molecular weight excluding hydrogens is 242 g/mol. The van der Waals surface area contributed by atoms with Gasteiger partial charge in [-0.05, 0) is 55.6 Å². The first-order valence-corrected chi connectivity index (χ1v) is 8.65. The third-order valence-corrected chi connectivity index (χ3v) is 5.26. The highest BCUT2D eigenvalue weighted by Crippen LogP contribution is 2.39. The molecule has 1 N–H and O–H groups in total. The van der Waals surface area contributed by atoms with E-state index < -0.39 is 0 Å². The molecule has 20 heavy (non-hydrogen) atoms. The maximum Gasteiger partial charge on any atom is 0.0208 e. The number of hydrogen-bond acceptors (Lipinski definition) is 1. The molecule has 0 aliphatic heterocycles. The molecule has 1 aromatic carbocycles. The Hall–Kier alpha value is -0.820. The molecule has 2 aliphatic rings. The van der Waals surface area contributed by atoms with Crippen molar-refractivity contribution in [2.45, 2.75) is 76.8 Å². The lowest BCUT2D eigenvalue weighted by Gasteiger charge is -2.23. The lowest BCUT2D eigenvalue weighted by Crippen LogP contribution is -2.32. The molecule has 1 nitrogen and oxygen atoms in total. The van der Waals surface area contributed by atoms with Gasteiger partial charge in [-0.25, -0.2) is 0 Å². The van der Waals surface area contributed by atoms with Gasteiger partial charge in [-0.15, -0.1) is 0 Å². The van der Waals surface area contributed by atoms with E-state index in [1.807, 2.05) is 0 Å². The van der Waals surface area contributed by atoms with E-state index in [9.17, 15) is 0 Å². The molecule has 2 saturated carbocycles. The zero-order chi connectivity index (χ0) is 13.8. The van der Waals surface area contributed by atoms with Crippen molar-refractivity contribution < 1.29 is 0 Å². The highest BCUT2D eigenvalue weighted by molar-refractivity contribution is 5.28. The second-order valence-electron chi connectivity index (χ2n) is 6.94. The lowest BCUT2D eigenvalue weighted by molar-refractivity contribution is 0.336. The summed E-state index contributed by atoms with van der Waals surface area (Å²) in [5, 5.41) is 3.76. The molecule has 2 fully saturated rings. The van der Waals surface area contributed by atoms with Gasteiger partial charge in [-0.2, -0.15) is 0 Å². The first-order chi connectivity index (χ1) is 9.83. The molecule has 1 atom stereocenters. The van der Waals surface area contributed by atoms with Crippen LogP contribution in [0, 0.1) is 5.92 Å². The van der Waals surface area contributed by atoms with Gasteiger partial charge >= 0.3 is 0 Å². The average molecular weight is 271 g/mol. The summed E-state index contributed by atoms with van der Waals surface area (Å²) in [7, 11) is 0. The number of rotatable bonds is 5. The summed E-state index contributed by atoms with van der Waals surface area (Å²) in [4.78, 5) is 0. The summed E-state index contributed by atoms with van der Waals surface area (Å²) in [6.45, 7) is 3.41. The summed E-state index contributed by atoms with van der Waals surface area (Å²) in [6.07, 6.45) is 11.4. The first kappa shape index (κ1) is 14.1. The van der Waals surface area contributed by atoms with Crippen molar-refractivity contribution in [2.75, 3.05) is 0 Å². The molecule has 0 bridgehead atoms. The Morgan fingerprint density at radius 2 is 1.60 bits per heavy atom. The predicted molar refractivity (Wildman–Crippen MR) is 85.9 cm³/mol. The predicted octanol–water partition coefficient (Wildman–Crippen LogP) is 5.01. The van der Waals surface area contributed by atoms with Crippen LogP contribution in [0.1, 0.15) is 75.3 Å². The number of hydrogen-bond donors (Lipinski definition) is 1. The smallest absolute Gasteiger partial charge is 0.0208 e. The van der Waals surface area contributed by atoms with Crippen molar-refractivity contribution in [3.63, 3.8) is 0 Å². The molecule has 1 heteroatoms. The van der Waals surface area contributed by atoms with Crippen LogP contribution in [0.3, 0.4) is 0 Å². The fourth-order valence-corrected chi connectivity index (χ4v) is 3.58. The van der Waals surface area contributed by atoms with Gasteiger partial charge in [0.1, 0.15) is 0 Å². The minimum Gasteiger partial charge on any atom is -0.310 e. The number of nitrogens with one attached hydrogen (secondary N) is 1. The fraction of sp³-hybridized carbons (Fsp3) is 0.684. The van der Waals surface area contributed by atoms with E-state index in [1.54, 1.807) is 5.56 Å². The molecule has 0 aromatic heterocycles. The zero-order valence-corrected chi connectivity index (χ0v) is 12.9. The van der Waals surface area contributed by atoms with Crippen molar-refractivity contribution >= 4 is 0 Å². The number of benzene rings is 1. The molecule has 0 saturated heterocycles. The van der Waals surface area contributed by atoms with Gasteiger partial charge in [-0.3, -0.25) is 0 Å². The fourth-order valence-electron chi connectivity index (χ4n) is 3.58. The summed E-state index contributed by atoms with van der Waals surface area (Å²) < 4.78 is 0. The van der Waals surface area contributed by atoms with Gasteiger partial charge in [0.2, 0.25) is 0 Å². The lowest BCUT2D eigenvalue weighted by atomic mass is 9.93. The van der Waals surface area contributed by atoms with E-state index in [-0.39, 0.29) is 0 Å². The molecule has 110 valence electrons. The summed E-state index contributed by atoms with van der Waals surface area (Å²) in [6, 6.07) is 9.98. The van der Waals surface area contributed by atoms with Gasteiger partial charge in [0, 0.05) is 12.6 Å². The molecule has 1 aromatic rings. The Kier molecular flexibility index (Phi) is 4.77. The largest absolute Gasteiger partial charge is 0.310 e. The van der Waals surface area contributed by atoms with Crippen molar-refractivity contribution in [3.8, 4) is 0 Å². The highest BCUT2D eigenvalue weighted by atomic mass is 14.9. The Balaban J connectivity index is 1.47. The molecular formula is C19H29N. The molecule has 3 rings (SSSR count). The Morgan fingerprint density at radius 3 is 2.20 bits per heavy atom. The van der Waals surface area contributed by atoms with Gasteiger partial charge in [0.25, 0.3) is 0 Å². The molecule has 0 amide bonds. The summed E-state index contributed by atoms with van der Waals surface area (Å²) >= 11 is 0. The van der Waals surface area contributed by atoms with E-state index >= 15 is 0 Å². The average Bonchev–Trinajstić information content (AvgIpc) is 3.31. The Morgan fingerprint density at radius 1 is 0.950 bits per heavy atom. The minimum atomic E-state index is 0.663. The Bertz CT molecular complexity index is 396. The van der Waals surface area contributed by atoms with E-state index in [4.69, 9.17) is 0 Å². The summed E-state index contributed by atoms with van der Waals surface area (Å²) in [5.74, 6) is 1.77. The molecule has 0 radical (unpaired) electrons. The minimum absolute atomic E-state index is 0.663. The van der Waals surface area contributed by atoms with Gasteiger partial charge in [-0.1, -0.05) is 49.9 Å². The summed E-state index contributed by atoms with van der Waals surface area (Å²) in [5.41, 5.74) is 2.99. The molecule has 0 unspecified atom stereocenters. The maximum absolute atomic E-state index is 3.76. The van der Waals surface area contributed by atoms with E-state index in [0.717, 1.165) is 18.4 Å². The van der Waals surface area contributed by atoms with Crippen LogP contribution < -0.4 is 5.32 Å². The highest BCUT2D eigenvalue weighted by Gasteiger charge is 2.23. The molecule has 0 heterocycles. The standard InChI is InChI=1S/C19H29N/c1-15(17-6-4-2-3-5-7-17)20-14-16-8-10-18(11-9-16)19-12-13-19/h8-11,15,17,19-20H,2-7,12-14H2,1H3/t15-/m1/s1. The van der Waals surface area contributed by atoms with Crippen LogP contribution in [0.4, 0.5) is 0 Å². The van der Waals surface area contributed by atoms with E-state index in [0.29, 0.717) is 6.04 Å². The monoisotopic (exact) mass is 271 g/mol. The van der Waals surface area contributed by atoms with Crippen LogP contribution in [0.5, 0.6) is 0 Å². The third kappa shape index (κ3) is 3.85. The van der Waals surface area contributed by atoms with Gasteiger partial charge < -0.3 is 5.32 Å². The second-order valence-corrected chi connectivity index (χ2v) is 6.94. The van der Waals surface area contributed by atoms with Crippen molar-refractivity contribution in [3.05, 3.63) is 35.4 Å². The van der Waals surface area contributed by atoms with Gasteiger partial charge in [0.15, 0.2) is 0 Å². The normalized spacial score (nSPS) is 22.4. The van der Waals surface area contributed by atoms with Crippen LogP contribution in [0.25, 0.3) is 0 Å². The van der Waals surface area contributed by atoms with Crippen LogP contribution in [0.15, 0.2) is 24.3 Å². The van der Waals surface area contributed by atoms with E-state index in [2.05, 4.69) is 36.5 Å². The van der Waals surface area contributed by atoms with Crippen molar-refractivity contribution in [2.24, 2.45) is 5.92 Å². The third-order valence-electron chi connectivity index (χ3n) is 5.26. The molecule has 0 spiro atoms. The zero-order valence-electron chi connectivity index (χ0n) is 12.9. The van der Waals surface area contributed by atoms with Gasteiger partial charge in [0.05, 0.1) is 0 Å². The second kappa shape index (κ2) is 6.76. The SMILES string of the molecule is C[C@@H](NCc1ccc(C2CC2)cc1)C1CCCCCC1.